The van der Waals surface area contributed by atoms with E-state index >= 15 is 0 Å². The van der Waals surface area contributed by atoms with Crippen molar-refractivity contribution in [3.8, 4) is 0 Å². The summed E-state index contributed by atoms with van der Waals surface area (Å²) in [5.41, 5.74) is 2.15. The molecule has 0 spiro atoms. The van der Waals surface area contributed by atoms with Crippen molar-refractivity contribution < 1.29 is 9.59 Å². The van der Waals surface area contributed by atoms with Crippen molar-refractivity contribution in [2.45, 2.75) is 25.8 Å². The minimum absolute atomic E-state index is 0.239. The Labute approximate surface area is 136 Å². The Balaban J connectivity index is 2.18. The van der Waals surface area contributed by atoms with Crippen LogP contribution in [0.4, 0.5) is 0 Å². The van der Waals surface area contributed by atoms with Gasteiger partial charge in [-0.1, -0.05) is 43.7 Å². The monoisotopic (exact) mass is 308 g/mol. The summed E-state index contributed by atoms with van der Waals surface area (Å²) in [4.78, 5) is 27.6. The topological polar surface area (TPSA) is 59.1 Å². The molecule has 1 aromatic heterocycles. The first-order valence-corrected chi connectivity index (χ1v) is 7.69. The van der Waals surface area contributed by atoms with Crippen molar-refractivity contribution in [2.75, 3.05) is 0 Å². The van der Waals surface area contributed by atoms with E-state index in [0.29, 0.717) is 12.0 Å². The zero-order valence-electron chi connectivity index (χ0n) is 13.1. The van der Waals surface area contributed by atoms with E-state index in [4.69, 9.17) is 0 Å². The summed E-state index contributed by atoms with van der Waals surface area (Å²) < 4.78 is 0. The molecule has 1 atom stereocenters. The summed E-state index contributed by atoms with van der Waals surface area (Å²) in [5, 5.41) is 2.77. The molecule has 23 heavy (non-hydrogen) atoms. The quantitative estimate of drug-likeness (QED) is 0.798. The van der Waals surface area contributed by atoms with Gasteiger partial charge in [0.2, 0.25) is 0 Å². The molecule has 4 heteroatoms. The molecule has 1 amide bonds. The number of hydrogen-bond acceptors (Lipinski definition) is 3. The second kappa shape index (κ2) is 8.63. The highest BCUT2D eigenvalue weighted by Crippen LogP contribution is 2.13. The molecule has 0 bridgehead atoms. The van der Waals surface area contributed by atoms with Crippen molar-refractivity contribution in [1.29, 1.82) is 0 Å². The lowest BCUT2D eigenvalue weighted by Crippen LogP contribution is -2.36. The fraction of sp³-hybridized carbons (Fsp3) is 0.211. The summed E-state index contributed by atoms with van der Waals surface area (Å²) in [5.74, 6) is -0.239. The van der Waals surface area contributed by atoms with Gasteiger partial charge in [-0.25, -0.2) is 0 Å². The molecule has 0 radical (unpaired) electrons. The number of aldehydes is 1. The van der Waals surface area contributed by atoms with E-state index in [1.54, 1.807) is 12.3 Å². The van der Waals surface area contributed by atoms with Crippen LogP contribution < -0.4 is 5.32 Å². The minimum Gasteiger partial charge on any atom is -0.343 e. The summed E-state index contributed by atoms with van der Waals surface area (Å²) in [6.07, 6.45) is 7.69. The molecule has 1 N–H and O–H groups in total. The number of nitrogens with zero attached hydrogens (tertiary/aromatic N) is 1. The van der Waals surface area contributed by atoms with E-state index in [9.17, 15) is 9.59 Å². The van der Waals surface area contributed by atoms with Crippen LogP contribution in [0, 0.1) is 0 Å². The van der Waals surface area contributed by atoms with Crippen LogP contribution >= 0.6 is 0 Å². The summed E-state index contributed by atoms with van der Waals surface area (Å²) in [6, 6.07) is 12.5. The van der Waals surface area contributed by atoms with E-state index in [2.05, 4.69) is 10.3 Å². The van der Waals surface area contributed by atoms with Gasteiger partial charge in [-0.2, -0.15) is 0 Å². The molecule has 1 heterocycles. The van der Waals surface area contributed by atoms with Gasteiger partial charge >= 0.3 is 0 Å². The number of rotatable bonds is 7. The predicted octanol–water partition coefficient (Wildman–Crippen LogP) is 3.35. The largest absolute Gasteiger partial charge is 0.343 e. The van der Waals surface area contributed by atoms with Gasteiger partial charge < -0.3 is 10.1 Å². The van der Waals surface area contributed by atoms with Crippen LogP contribution in [0.3, 0.4) is 0 Å². The number of pyridine rings is 1. The number of aromatic nitrogens is 1. The first kappa shape index (κ1) is 16.6. The molecule has 0 aliphatic heterocycles. The average molecular weight is 308 g/mol. The third-order valence-electron chi connectivity index (χ3n) is 3.41. The van der Waals surface area contributed by atoms with Crippen LogP contribution in [0.25, 0.3) is 12.2 Å². The van der Waals surface area contributed by atoms with Crippen LogP contribution in [0.5, 0.6) is 0 Å². The molecular formula is C19H20N2O2. The first-order chi connectivity index (χ1) is 11.2. The van der Waals surface area contributed by atoms with Gasteiger partial charge in [0.05, 0.1) is 11.7 Å². The van der Waals surface area contributed by atoms with Gasteiger partial charge in [0, 0.05) is 11.8 Å². The number of nitrogens with one attached hydrogen (secondary N) is 1. The Morgan fingerprint density at radius 3 is 2.65 bits per heavy atom. The zero-order chi connectivity index (χ0) is 16.5. The van der Waals surface area contributed by atoms with Gasteiger partial charge in [-0.15, -0.1) is 0 Å². The van der Waals surface area contributed by atoms with Crippen LogP contribution in [-0.2, 0) is 4.79 Å². The highest BCUT2D eigenvalue weighted by molar-refractivity contribution is 5.99. The molecule has 0 aliphatic carbocycles. The smallest absolute Gasteiger partial charge is 0.252 e. The maximum absolute atomic E-state index is 12.4. The second-order valence-corrected chi connectivity index (χ2v) is 5.18. The van der Waals surface area contributed by atoms with Gasteiger partial charge in [0.25, 0.3) is 5.91 Å². The van der Waals surface area contributed by atoms with E-state index < -0.39 is 6.04 Å². The first-order valence-electron chi connectivity index (χ1n) is 7.69. The number of carbonyl (C=O) groups is 2. The normalized spacial score (nSPS) is 12.0. The molecular weight excluding hydrogens is 288 g/mol. The minimum atomic E-state index is -0.444. The number of amides is 1. The van der Waals surface area contributed by atoms with Gasteiger partial charge in [-0.05, 0) is 36.3 Å². The van der Waals surface area contributed by atoms with E-state index in [1.807, 2.05) is 55.5 Å². The Kier molecular flexibility index (Phi) is 6.24. The predicted molar refractivity (Wildman–Crippen MR) is 91.8 cm³/mol. The molecule has 1 unspecified atom stereocenters. The molecule has 0 fully saturated rings. The van der Waals surface area contributed by atoms with Crippen LogP contribution in [0.2, 0.25) is 0 Å². The summed E-state index contributed by atoms with van der Waals surface area (Å²) in [6.45, 7) is 1.98. The highest BCUT2D eigenvalue weighted by atomic mass is 16.2. The molecule has 4 nitrogen and oxygen atoms in total. The van der Waals surface area contributed by atoms with Gasteiger partial charge in [0.15, 0.2) is 0 Å². The molecule has 0 saturated heterocycles. The molecule has 0 saturated carbocycles. The fourth-order valence-corrected chi connectivity index (χ4v) is 2.23. The zero-order valence-corrected chi connectivity index (χ0v) is 13.1. The molecule has 2 rings (SSSR count). The Hall–Kier alpha value is -2.75. The Morgan fingerprint density at radius 1 is 1.17 bits per heavy atom. The van der Waals surface area contributed by atoms with E-state index in [1.165, 1.54) is 0 Å². The third-order valence-corrected chi connectivity index (χ3v) is 3.41. The maximum atomic E-state index is 12.4. The van der Waals surface area contributed by atoms with Crippen molar-refractivity contribution in [1.82, 2.24) is 10.3 Å². The SMILES string of the molecule is CCCC(C=O)NC(=O)c1ccccc1/C=C/c1ccccn1. The lowest BCUT2D eigenvalue weighted by atomic mass is 10.0. The molecule has 2 aromatic rings. The van der Waals surface area contributed by atoms with Crippen LogP contribution in [0.15, 0.2) is 48.7 Å². The number of carbonyl (C=O) groups excluding carboxylic acids is 2. The van der Waals surface area contributed by atoms with Crippen molar-refractivity contribution in [2.24, 2.45) is 0 Å². The molecule has 1 aromatic carbocycles. The van der Waals surface area contributed by atoms with E-state index in [0.717, 1.165) is 24.0 Å². The second-order valence-electron chi connectivity index (χ2n) is 5.18. The standard InChI is InChI=1S/C19H20N2O2/c1-2-7-17(14-22)21-19(23)18-10-4-3-8-15(18)11-12-16-9-5-6-13-20-16/h3-6,8-14,17H,2,7H2,1H3,(H,21,23)/b12-11+. The van der Waals surface area contributed by atoms with Crippen molar-refractivity contribution in [3.63, 3.8) is 0 Å². The van der Waals surface area contributed by atoms with Crippen molar-refractivity contribution >= 4 is 24.3 Å². The summed E-state index contributed by atoms with van der Waals surface area (Å²) >= 11 is 0. The number of benzene rings is 1. The summed E-state index contributed by atoms with van der Waals surface area (Å²) in [7, 11) is 0. The van der Waals surface area contributed by atoms with Gasteiger partial charge in [-0.3, -0.25) is 9.78 Å². The average Bonchev–Trinajstić information content (AvgIpc) is 2.60. The molecule has 0 aliphatic rings. The van der Waals surface area contributed by atoms with Gasteiger partial charge in [0.1, 0.15) is 6.29 Å². The molecule has 118 valence electrons. The Bertz CT molecular complexity index is 681. The Morgan fingerprint density at radius 2 is 1.96 bits per heavy atom. The maximum Gasteiger partial charge on any atom is 0.252 e. The lowest BCUT2D eigenvalue weighted by Gasteiger charge is -2.13. The van der Waals surface area contributed by atoms with Crippen LogP contribution in [-0.4, -0.2) is 23.2 Å². The highest BCUT2D eigenvalue weighted by Gasteiger charge is 2.14. The third kappa shape index (κ3) is 4.88. The van der Waals surface area contributed by atoms with Crippen LogP contribution in [0.1, 0.15) is 41.4 Å². The van der Waals surface area contributed by atoms with E-state index in [-0.39, 0.29) is 5.91 Å². The lowest BCUT2D eigenvalue weighted by molar-refractivity contribution is -0.109. The number of hydrogen-bond donors (Lipinski definition) is 1. The van der Waals surface area contributed by atoms with Crippen molar-refractivity contribution in [3.05, 3.63) is 65.5 Å². The fourth-order valence-electron chi connectivity index (χ4n) is 2.23.